The van der Waals surface area contributed by atoms with Crippen molar-refractivity contribution < 1.29 is 0 Å². The van der Waals surface area contributed by atoms with Crippen molar-refractivity contribution in [1.82, 2.24) is 15.3 Å². The van der Waals surface area contributed by atoms with Gasteiger partial charge in [0, 0.05) is 35.5 Å². The molecule has 4 heteroatoms. The third-order valence-electron chi connectivity index (χ3n) is 3.22. The van der Waals surface area contributed by atoms with Crippen LogP contribution < -0.4 is 11.1 Å². The fourth-order valence-electron chi connectivity index (χ4n) is 2.28. The molecule has 0 radical (unpaired) electrons. The number of nitrogens with two attached hydrogens (primary N) is 1. The van der Waals surface area contributed by atoms with E-state index in [-0.39, 0.29) is 6.04 Å². The fourth-order valence-corrected chi connectivity index (χ4v) is 2.28. The van der Waals surface area contributed by atoms with Gasteiger partial charge < -0.3 is 11.1 Å². The second-order valence-corrected chi connectivity index (χ2v) is 4.80. The van der Waals surface area contributed by atoms with Crippen molar-refractivity contribution in [2.24, 2.45) is 0 Å². The van der Waals surface area contributed by atoms with Crippen molar-refractivity contribution in [1.29, 1.82) is 0 Å². The van der Waals surface area contributed by atoms with Gasteiger partial charge in [0.25, 0.3) is 0 Å². The summed E-state index contributed by atoms with van der Waals surface area (Å²) >= 11 is 0. The number of nitrogens with one attached hydrogen (secondary N) is 1. The molecule has 1 atom stereocenters. The predicted molar refractivity (Wildman–Crippen MR) is 77.9 cm³/mol. The number of aromatic nitrogens is 2. The van der Waals surface area contributed by atoms with Crippen LogP contribution in [-0.2, 0) is 6.42 Å². The third-order valence-corrected chi connectivity index (χ3v) is 3.22. The molecule has 0 spiro atoms. The van der Waals surface area contributed by atoms with E-state index < -0.39 is 0 Å². The van der Waals surface area contributed by atoms with Gasteiger partial charge in [-0.25, -0.2) is 0 Å². The minimum atomic E-state index is 0.215. The van der Waals surface area contributed by atoms with E-state index in [4.69, 9.17) is 5.73 Å². The molecule has 0 bridgehead atoms. The second kappa shape index (κ2) is 5.80. The number of aryl methyl sites for hydroxylation is 2. The number of rotatable bonds is 4. The number of hydrogen-bond donors (Lipinski definition) is 2. The molecule has 100 valence electrons. The highest BCUT2D eigenvalue weighted by Crippen LogP contribution is 2.22. The summed E-state index contributed by atoms with van der Waals surface area (Å²) in [7, 11) is 1.96. The SMILES string of the molecule is CNC(Cc1cnccc1N)c1cc(C)nc(C)c1. The first-order valence-electron chi connectivity index (χ1n) is 6.41. The average Bonchev–Trinajstić information content (AvgIpc) is 2.36. The number of anilines is 1. The summed E-state index contributed by atoms with van der Waals surface area (Å²) in [6.07, 6.45) is 4.37. The van der Waals surface area contributed by atoms with E-state index in [9.17, 15) is 0 Å². The molecular formula is C15H20N4. The Hall–Kier alpha value is -1.94. The summed E-state index contributed by atoms with van der Waals surface area (Å²) in [6, 6.07) is 6.28. The summed E-state index contributed by atoms with van der Waals surface area (Å²) < 4.78 is 0. The van der Waals surface area contributed by atoms with Crippen molar-refractivity contribution in [3.63, 3.8) is 0 Å². The normalized spacial score (nSPS) is 12.4. The van der Waals surface area contributed by atoms with Gasteiger partial charge in [-0.1, -0.05) is 0 Å². The molecular weight excluding hydrogens is 236 g/mol. The van der Waals surface area contributed by atoms with Crippen molar-refractivity contribution in [2.75, 3.05) is 12.8 Å². The van der Waals surface area contributed by atoms with Crippen LogP contribution in [0.5, 0.6) is 0 Å². The van der Waals surface area contributed by atoms with Crippen LogP contribution in [0.1, 0.15) is 28.6 Å². The lowest BCUT2D eigenvalue weighted by molar-refractivity contribution is 0.590. The Morgan fingerprint density at radius 3 is 2.53 bits per heavy atom. The van der Waals surface area contributed by atoms with Crippen LogP contribution in [0.15, 0.2) is 30.6 Å². The van der Waals surface area contributed by atoms with E-state index in [1.165, 1.54) is 5.56 Å². The van der Waals surface area contributed by atoms with E-state index in [2.05, 4.69) is 27.4 Å². The van der Waals surface area contributed by atoms with Gasteiger partial charge in [0.2, 0.25) is 0 Å². The first kappa shape index (κ1) is 13.5. The van der Waals surface area contributed by atoms with Crippen molar-refractivity contribution in [3.05, 3.63) is 53.1 Å². The fraction of sp³-hybridized carbons (Fsp3) is 0.333. The van der Waals surface area contributed by atoms with Crippen LogP contribution in [0.3, 0.4) is 0 Å². The molecule has 0 aliphatic heterocycles. The summed E-state index contributed by atoms with van der Waals surface area (Å²) in [5.74, 6) is 0. The molecule has 0 aliphatic carbocycles. The maximum Gasteiger partial charge on any atom is 0.0379 e. The Bertz CT molecular complexity index is 546. The van der Waals surface area contributed by atoms with Gasteiger partial charge in [-0.15, -0.1) is 0 Å². The molecule has 2 aromatic rings. The molecule has 2 rings (SSSR count). The van der Waals surface area contributed by atoms with E-state index in [1.807, 2.05) is 33.2 Å². The van der Waals surface area contributed by atoms with Crippen LogP contribution in [0.25, 0.3) is 0 Å². The van der Waals surface area contributed by atoms with Crippen LogP contribution in [0.2, 0.25) is 0 Å². The molecule has 0 saturated heterocycles. The van der Waals surface area contributed by atoms with Crippen molar-refractivity contribution in [3.8, 4) is 0 Å². The molecule has 0 amide bonds. The largest absolute Gasteiger partial charge is 0.398 e. The highest BCUT2D eigenvalue weighted by atomic mass is 14.9. The molecule has 0 saturated carbocycles. The van der Waals surface area contributed by atoms with Crippen molar-refractivity contribution >= 4 is 5.69 Å². The van der Waals surface area contributed by atoms with Gasteiger partial charge in [0.1, 0.15) is 0 Å². The Kier molecular flexibility index (Phi) is 4.12. The Balaban J connectivity index is 2.28. The van der Waals surface area contributed by atoms with Gasteiger partial charge in [0.15, 0.2) is 0 Å². The zero-order valence-electron chi connectivity index (χ0n) is 11.6. The first-order valence-corrected chi connectivity index (χ1v) is 6.41. The molecule has 1 unspecified atom stereocenters. The summed E-state index contributed by atoms with van der Waals surface area (Å²) in [6.45, 7) is 4.03. The predicted octanol–water partition coefficient (Wildman–Crippen LogP) is 2.18. The zero-order valence-corrected chi connectivity index (χ0v) is 11.6. The molecule has 4 nitrogen and oxygen atoms in total. The average molecular weight is 256 g/mol. The van der Waals surface area contributed by atoms with E-state index in [1.54, 1.807) is 6.20 Å². The van der Waals surface area contributed by atoms with Crippen LogP contribution in [0, 0.1) is 13.8 Å². The monoisotopic (exact) mass is 256 g/mol. The molecule has 3 N–H and O–H groups in total. The lowest BCUT2D eigenvalue weighted by Crippen LogP contribution is -2.20. The Morgan fingerprint density at radius 1 is 1.26 bits per heavy atom. The smallest absolute Gasteiger partial charge is 0.0379 e. The minimum absolute atomic E-state index is 0.215. The summed E-state index contributed by atoms with van der Waals surface area (Å²) in [5, 5.41) is 3.34. The molecule has 0 fully saturated rings. The van der Waals surface area contributed by atoms with Crippen LogP contribution in [-0.4, -0.2) is 17.0 Å². The summed E-state index contributed by atoms with van der Waals surface area (Å²) in [4.78, 5) is 8.55. The Labute approximate surface area is 114 Å². The molecule has 0 aliphatic rings. The number of pyridine rings is 2. The maximum absolute atomic E-state index is 5.98. The number of nitrogen functional groups attached to an aromatic ring is 1. The lowest BCUT2D eigenvalue weighted by Gasteiger charge is -2.18. The Morgan fingerprint density at radius 2 is 1.95 bits per heavy atom. The zero-order chi connectivity index (χ0) is 13.8. The molecule has 2 heterocycles. The maximum atomic E-state index is 5.98. The number of likely N-dealkylation sites (N-methyl/N-ethyl adjacent to an activating group) is 1. The van der Waals surface area contributed by atoms with E-state index in [0.717, 1.165) is 29.1 Å². The highest BCUT2D eigenvalue weighted by Gasteiger charge is 2.13. The van der Waals surface area contributed by atoms with Gasteiger partial charge in [-0.05, 0) is 56.6 Å². The van der Waals surface area contributed by atoms with Crippen LogP contribution in [0.4, 0.5) is 5.69 Å². The third kappa shape index (κ3) is 3.29. The molecule has 19 heavy (non-hydrogen) atoms. The quantitative estimate of drug-likeness (QED) is 0.880. The van der Waals surface area contributed by atoms with Gasteiger partial charge in [0.05, 0.1) is 0 Å². The minimum Gasteiger partial charge on any atom is -0.398 e. The highest BCUT2D eigenvalue weighted by molar-refractivity contribution is 5.45. The van der Waals surface area contributed by atoms with Gasteiger partial charge in [-0.2, -0.15) is 0 Å². The topological polar surface area (TPSA) is 63.8 Å². The number of nitrogens with zero attached hydrogens (tertiary/aromatic N) is 2. The van der Waals surface area contributed by atoms with E-state index in [0.29, 0.717) is 0 Å². The summed E-state index contributed by atoms with van der Waals surface area (Å²) in [5.41, 5.74) is 11.1. The van der Waals surface area contributed by atoms with E-state index >= 15 is 0 Å². The lowest BCUT2D eigenvalue weighted by atomic mass is 9.98. The first-order chi connectivity index (χ1) is 9.10. The standard InChI is InChI=1S/C15H20N4/c1-10-6-12(7-11(2)19-10)15(17-3)8-13-9-18-5-4-14(13)16/h4-7,9,15,17H,8H2,1-3H3,(H2,16,18). The second-order valence-electron chi connectivity index (χ2n) is 4.80. The molecule has 0 aromatic carbocycles. The van der Waals surface area contributed by atoms with Crippen LogP contribution >= 0.6 is 0 Å². The van der Waals surface area contributed by atoms with Crippen molar-refractivity contribution in [2.45, 2.75) is 26.3 Å². The van der Waals surface area contributed by atoms with Gasteiger partial charge in [-0.3, -0.25) is 9.97 Å². The number of hydrogen-bond acceptors (Lipinski definition) is 4. The van der Waals surface area contributed by atoms with Gasteiger partial charge >= 0.3 is 0 Å². The molecule has 2 aromatic heterocycles.